The van der Waals surface area contributed by atoms with E-state index in [1.165, 1.54) is 0 Å². The molecule has 2 nitrogen and oxygen atoms in total. The normalized spacial score (nSPS) is 7.80. The number of hydrogen-bond donors (Lipinski definition) is 0. The minimum Gasteiger partial charge on any atom is -0.462 e. The zero-order valence-corrected chi connectivity index (χ0v) is 8.94. The molecule has 0 aliphatic heterocycles. The molecule has 0 N–H and O–H groups in total. The Morgan fingerprint density at radius 1 is 1.60 bits per heavy atom. The van der Waals surface area contributed by atoms with E-state index in [-0.39, 0.29) is 35.5 Å². The molecule has 0 fully saturated rings. The number of hydrogen-bond acceptors (Lipinski definition) is 2. The van der Waals surface area contributed by atoms with Crippen molar-refractivity contribution in [1.29, 1.82) is 0 Å². The van der Waals surface area contributed by atoms with E-state index in [0.717, 1.165) is 6.42 Å². The number of carbonyl (C=O) groups excluding carboxylic acids is 1. The molecule has 0 heterocycles. The van der Waals surface area contributed by atoms with E-state index in [1.54, 1.807) is 6.92 Å². The quantitative estimate of drug-likeness (QED) is 0.343. The van der Waals surface area contributed by atoms with E-state index in [4.69, 9.17) is 4.74 Å². The second-order valence-corrected chi connectivity index (χ2v) is 1.92. The summed E-state index contributed by atoms with van der Waals surface area (Å²) >= 11 is 0. The predicted octanol–water partition coefficient (Wildman–Crippen LogP) is 1.13. The number of ether oxygens (including phenoxy) is 1. The first-order valence-electron chi connectivity index (χ1n) is 3.01. The molecule has 0 saturated heterocycles. The number of esters is 1. The molecule has 0 amide bonds. The van der Waals surface area contributed by atoms with E-state index < -0.39 is 0 Å². The third-order valence-corrected chi connectivity index (χ3v) is 0.786. The molecule has 0 aromatic rings. The number of rotatable bonds is 3. The standard InChI is InChI=1S/C7H12O2.Na/c1-4-5-9-7(8)6(2)3;/h2,4-5H2,1,3H3;. The van der Waals surface area contributed by atoms with Gasteiger partial charge in [0.1, 0.15) is 0 Å². The van der Waals surface area contributed by atoms with Crippen LogP contribution >= 0.6 is 0 Å². The molecule has 0 aromatic carbocycles. The topological polar surface area (TPSA) is 26.3 Å². The Kier molecular flexibility index (Phi) is 9.40. The summed E-state index contributed by atoms with van der Waals surface area (Å²) in [6, 6.07) is 0. The summed E-state index contributed by atoms with van der Waals surface area (Å²) in [6.07, 6.45) is 0.860. The summed E-state index contributed by atoms with van der Waals surface area (Å²) < 4.78 is 4.71. The molecule has 3 heteroatoms. The summed E-state index contributed by atoms with van der Waals surface area (Å²) in [5.74, 6) is -0.295. The third-order valence-electron chi connectivity index (χ3n) is 0.786. The van der Waals surface area contributed by atoms with Crippen molar-refractivity contribution in [3.63, 3.8) is 0 Å². The van der Waals surface area contributed by atoms with Crippen molar-refractivity contribution in [2.45, 2.75) is 20.3 Å². The largest absolute Gasteiger partial charge is 0.462 e. The van der Waals surface area contributed by atoms with Gasteiger partial charge in [0.2, 0.25) is 0 Å². The van der Waals surface area contributed by atoms with Crippen molar-refractivity contribution >= 4 is 35.5 Å². The maximum absolute atomic E-state index is 10.6. The van der Waals surface area contributed by atoms with Crippen LogP contribution in [0.2, 0.25) is 0 Å². The minimum atomic E-state index is -0.295. The average Bonchev–Trinajstić information content (AvgIpc) is 1.82. The first-order chi connectivity index (χ1) is 4.18. The molecule has 0 atom stereocenters. The van der Waals surface area contributed by atoms with Crippen LogP contribution in [0.25, 0.3) is 0 Å². The second kappa shape index (κ2) is 7.32. The Hall–Kier alpha value is 0.210. The van der Waals surface area contributed by atoms with E-state index in [2.05, 4.69) is 6.58 Å². The van der Waals surface area contributed by atoms with Gasteiger partial charge in [0.05, 0.1) is 6.61 Å². The van der Waals surface area contributed by atoms with Gasteiger partial charge in [-0.2, -0.15) is 0 Å². The Morgan fingerprint density at radius 2 is 2.10 bits per heavy atom. The van der Waals surface area contributed by atoms with Crippen molar-refractivity contribution in [2.75, 3.05) is 6.61 Å². The molecule has 0 aliphatic carbocycles. The summed E-state index contributed by atoms with van der Waals surface area (Å²) in [4.78, 5) is 10.6. The van der Waals surface area contributed by atoms with E-state index >= 15 is 0 Å². The summed E-state index contributed by atoms with van der Waals surface area (Å²) in [5, 5.41) is 0. The molecular weight excluding hydrogens is 139 g/mol. The van der Waals surface area contributed by atoms with Gasteiger partial charge >= 0.3 is 5.97 Å². The SMILES string of the molecule is C=C(C)C(=O)OCCC.[Na]. The molecular formula is C7H12NaO2. The van der Waals surface area contributed by atoms with Crippen molar-refractivity contribution in [1.82, 2.24) is 0 Å². The molecule has 0 saturated carbocycles. The Bertz CT molecular complexity index is 121. The smallest absolute Gasteiger partial charge is 0.333 e. The van der Waals surface area contributed by atoms with Gasteiger partial charge < -0.3 is 4.74 Å². The van der Waals surface area contributed by atoms with Crippen LogP contribution in [0.4, 0.5) is 0 Å². The van der Waals surface area contributed by atoms with Gasteiger partial charge in [-0.25, -0.2) is 4.79 Å². The van der Waals surface area contributed by atoms with Gasteiger partial charge in [-0.1, -0.05) is 13.5 Å². The molecule has 1 radical (unpaired) electrons. The third kappa shape index (κ3) is 6.33. The van der Waals surface area contributed by atoms with Gasteiger partial charge in [0, 0.05) is 35.1 Å². The van der Waals surface area contributed by atoms with Crippen molar-refractivity contribution in [3.8, 4) is 0 Å². The van der Waals surface area contributed by atoms with E-state index in [0.29, 0.717) is 12.2 Å². The first-order valence-corrected chi connectivity index (χ1v) is 3.01. The molecule has 0 bridgehead atoms. The van der Waals surface area contributed by atoms with Gasteiger partial charge in [0.15, 0.2) is 0 Å². The fourth-order valence-electron chi connectivity index (χ4n) is 0.318. The summed E-state index contributed by atoms with van der Waals surface area (Å²) in [7, 11) is 0. The summed E-state index contributed by atoms with van der Waals surface area (Å²) in [6.45, 7) is 7.51. The van der Waals surface area contributed by atoms with Crippen molar-refractivity contribution in [2.24, 2.45) is 0 Å². The van der Waals surface area contributed by atoms with Crippen LogP contribution in [-0.4, -0.2) is 42.1 Å². The van der Waals surface area contributed by atoms with Crippen LogP contribution in [-0.2, 0) is 9.53 Å². The Labute approximate surface area is 83.9 Å². The van der Waals surface area contributed by atoms with Gasteiger partial charge in [-0.3, -0.25) is 0 Å². The van der Waals surface area contributed by atoms with Gasteiger partial charge in [0.25, 0.3) is 0 Å². The Balaban J connectivity index is 0. The van der Waals surface area contributed by atoms with Crippen molar-refractivity contribution < 1.29 is 9.53 Å². The van der Waals surface area contributed by atoms with Crippen LogP contribution in [0.3, 0.4) is 0 Å². The fraction of sp³-hybridized carbons (Fsp3) is 0.571. The molecule has 0 aliphatic rings. The molecule has 0 spiro atoms. The minimum absolute atomic E-state index is 0. The van der Waals surface area contributed by atoms with Crippen LogP contribution in [0.1, 0.15) is 20.3 Å². The van der Waals surface area contributed by atoms with Crippen LogP contribution < -0.4 is 0 Å². The van der Waals surface area contributed by atoms with Crippen LogP contribution in [0, 0.1) is 0 Å². The first kappa shape index (κ1) is 12.8. The predicted molar refractivity (Wildman–Crippen MR) is 41.8 cm³/mol. The summed E-state index contributed by atoms with van der Waals surface area (Å²) in [5.41, 5.74) is 0.462. The van der Waals surface area contributed by atoms with Crippen LogP contribution in [0.15, 0.2) is 12.2 Å². The fourth-order valence-corrected chi connectivity index (χ4v) is 0.318. The molecule has 0 unspecified atom stereocenters. The maximum atomic E-state index is 10.6. The van der Waals surface area contributed by atoms with E-state index in [9.17, 15) is 4.79 Å². The van der Waals surface area contributed by atoms with Gasteiger partial charge in [-0.05, 0) is 13.3 Å². The molecule has 10 heavy (non-hydrogen) atoms. The van der Waals surface area contributed by atoms with Gasteiger partial charge in [-0.15, -0.1) is 0 Å². The maximum Gasteiger partial charge on any atom is 0.333 e. The molecule has 0 aromatic heterocycles. The van der Waals surface area contributed by atoms with Crippen LogP contribution in [0.5, 0.6) is 0 Å². The zero-order chi connectivity index (χ0) is 7.28. The van der Waals surface area contributed by atoms with E-state index in [1.807, 2.05) is 6.92 Å². The average molecular weight is 151 g/mol. The Morgan fingerprint density at radius 3 is 2.40 bits per heavy atom. The van der Waals surface area contributed by atoms with Crippen molar-refractivity contribution in [3.05, 3.63) is 12.2 Å². The second-order valence-electron chi connectivity index (χ2n) is 1.92. The zero-order valence-electron chi connectivity index (χ0n) is 6.94. The molecule has 0 rings (SSSR count). The number of carbonyl (C=O) groups is 1. The monoisotopic (exact) mass is 151 g/mol. The molecule has 53 valence electrons.